The lowest BCUT2D eigenvalue weighted by Gasteiger charge is -2.24. The highest BCUT2D eigenvalue weighted by atomic mass is 16.6. The molecule has 1 saturated heterocycles. The van der Waals surface area contributed by atoms with Gasteiger partial charge in [0.2, 0.25) is 0 Å². The molecule has 0 saturated carbocycles. The van der Waals surface area contributed by atoms with Crippen molar-refractivity contribution in [3.05, 3.63) is 11.4 Å². The summed E-state index contributed by atoms with van der Waals surface area (Å²) < 4.78 is 12.0. The molecule has 1 aromatic heterocycles. The van der Waals surface area contributed by atoms with Crippen LogP contribution in [0, 0.1) is 6.92 Å². The van der Waals surface area contributed by atoms with Gasteiger partial charge in [-0.3, -0.25) is 0 Å². The first kappa shape index (κ1) is 17.2. The van der Waals surface area contributed by atoms with E-state index in [-0.39, 0.29) is 17.8 Å². The van der Waals surface area contributed by atoms with Crippen molar-refractivity contribution >= 4 is 12.1 Å². The number of nitrogens with zero attached hydrogens (tertiary/aromatic N) is 4. The topological polar surface area (TPSA) is 86.5 Å². The molecule has 23 heavy (non-hydrogen) atoms. The Hall–Kier alpha value is -2.12. The van der Waals surface area contributed by atoms with Gasteiger partial charge < -0.3 is 14.4 Å². The van der Waals surface area contributed by atoms with E-state index in [9.17, 15) is 9.59 Å². The summed E-state index contributed by atoms with van der Waals surface area (Å²) in [6.07, 6.45) is 0.412. The van der Waals surface area contributed by atoms with Crippen molar-refractivity contribution in [2.24, 2.45) is 0 Å². The minimum atomic E-state index is -0.518. The van der Waals surface area contributed by atoms with E-state index in [4.69, 9.17) is 9.47 Å². The summed E-state index contributed by atoms with van der Waals surface area (Å²) in [6, 6.07) is -0.0156. The average Bonchev–Trinajstić information content (AvgIpc) is 3.03. The zero-order chi connectivity index (χ0) is 17.2. The van der Waals surface area contributed by atoms with Crippen molar-refractivity contribution in [2.75, 3.05) is 19.7 Å². The van der Waals surface area contributed by atoms with E-state index in [2.05, 4.69) is 10.3 Å². The van der Waals surface area contributed by atoms with Gasteiger partial charge in [0.25, 0.3) is 0 Å². The predicted molar refractivity (Wildman–Crippen MR) is 82.2 cm³/mol. The van der Waals surface area contributed by atoms with Gasteiger partial charge in [0.15, 0.2) is 5.69 Å². The van der Waals surface area contributed by atoms with Crippen molar-refractivity contribution in [3.8, 4) is 0 Å². The van der Waals surface area contributed by atoms with Gasteiger partial charge in [0, 0.05) is 13.1 Å². The largest absolute Gasteiger partial charge is 0.461 e. The molecule has 0 aliphatic carbocycles. The Kier molecular flexibility index (Phi) is 4.91. The molecule has 2 heterocycles. The zero-order valence-electron chi connectivity index (χ0n) is 14.3. The van der Waals surface area contributed by atoms with Gasteiger partial charge >= 0.3 is 12.1 Å². The second-order valence-corrected chi connectivity index (χ2v) is 6.56. The normalized spacial score (nSPS) is 18.1. The Labute approximate surface area is 135 Å². The lowest BCUT2D eigenvalue weighted by atomic mass is 10.2. The minimum Gasteiger partial charge on any atom is -0.461 e. The average molecular weight is 324 g/mol. The van der Waals surface area contributed by atoms with Crippen molar-refractivity contribution in [3.63, 3.8) is 0 Å². The molecule has 0 N–H and O–H groups in total. The summed E-state index contributed by atoms with van der Waals surface area (Å²) in [4.78, 5) is 25.6. The highest BCUT2D eigenvalue weighted by Crippen LogP contribution is 2.24. The summed E-state index contributed by atoms with van der Waals surface area (Å²) in [5, 5.41) is 7.97. The Morgan fingerprint density at radius 3 is 2.65 bits per heavy atom. The summed E-state index contributed by atoms with van der Waals surface area (Å²) in [5.41, 5.74) is 0.358. The van der Waals surface area contributed by atoms with Crippen LogP contribution in [0.3, 0.4) is 0 Å². The third-order valence-corrected chi connectivity index (χ3v) is 3.56. The fraction of sp³-hybridized carbons (Fsp3) is 0.733. The van der Waals surface area contributed by atoms with Crippen LogP contribution < -0.4 is 0 Å². The molecule has 1 aromatic rings. The molecule has 1 atom stereocenters. The van der Waals surface area contributed by atoms with Crippen LogP contribution >= 0.6 is 0 Å². The molecule has 8 heteroatoms. The summed E-state index contributed by atoms with van der Waals surface area (Å²) in [5.74, 6) is -0.474. The maximum Gasteiger partial charge on any atom is 0.410 e. The van der Waals surface area contributed by atoms with Gasteiger partial charge in [-0.2, -0.15) is 0 Å². The van der Waals surface area contributed by atoms with Crippen LogP contribution in [-0.4, -0.2) is 57.3 Å². The Bertz CT molecular complexity index is 591. The fourth-order valence-corrected chi connectivity index (χ4v) is 2.51. The molecule has 128 valence electrons. The van der Waals surface area contributed by atoms with Crippen LogP contribution in [-0.2, 0) is 9.47 Å². The number of carbonyl (C=O) groups excluding carboxylic acids is 2. The first-order chi connectivity index (χ1) is 10.7. The summed E-state index contributed by atoms with van der Waals surface area (Å²) in [6.45, 7) is 10.4. The van der Waals surface area contributed by atoms with Gasteiger partial charge in [0.05, 0.1) is 18.3 Å². The Morgan fingerprint density at radius 2 is 2.04 bits per heavy atom. The van der Waals surface area contributed by atoms with Crippen molar-refractivity contribution in [1.29, 1.82) is 0 Å². The predicted octanol–water partition coefficient (Wildman–Crippen LogP) is 1.95. The number of aromatic nitrogens is 3. The Morgan fingerprint density at radius 1 is 1.35 bits per heavy atom. The Balaban J connectivity index is 2.05. The highest BCUT2D eigenvalue weighted by molar-refractivity contribution is 5.88. The number of hydrogen-bond acceptors (Lipinski definition) is 6. The van der Waals surface area contributed by atoms with Gasteiger partial charge in [-0.1, -0.05) is 5.21 Å². The number of rotatable bonds is 3. The van der Waals surface area contributed by atoms with Crippen molar-refractivity contribution in [1.82, 2.24) is 19.9 Å². The third kappa shape index (κ3) is 4.00. The molecule has 0 unspecified atom stereocenters. The number of hydrogen-bond donors (Lipinski definition) is 0. The molecular formula is C15H24N4O4. The second kappa shape index (κ2) is 6.55. The first-order valence-corrected chi connectivity index (χ1v) is 7.79. The monoisotopic (exact) mass is 324 g/mol. The standard InChI is InChI=1S/C15H24N4O4/c1-6-22-13(20)12-10(2)19(17-16-12)11-7-8-18(9-11)14(21)23-15(3,4)5/h11H,6-9H2,1-5H3/t11-/m1/s1. The van der Waals surface area contributed by atoms with E-state index in [1.807, 2.05) is 20.8 Å². The highest BCUT2D eigenvalue weighted by Gasteiger charge is 2.33. The SMILES string of the molecule is CCOC(=O)c1nnn([C@@H]2CCN(C(=O)OC(C)(C)C)C2)c1C. The van der Waals surface area contributed by atoms with Gasteiger partial charge in [-0.05, 0) is 41.0 Å². The van der Waals surface area contributed by atoms with Crippen LogP contribution in [0.15, 0.2) is 0 Å². The van der Waals surface area contributed by atoms with Gasteiger partial charge in [-0.25, -0.2) is 14.3 Å². The van der Waals surface area contributed by atoms with Gasteiger partial charge in [-0.15, -0.1) is 5.10 Å². The van der Waals surface area contributed by atoms with Crippen molar-refractivity contribution < 1.29 is 19.1 Å². The molecule has 1 amide bonds. The molecule has 8 nitrogen and oxygen atoms in total. The smallest absolute Gasteiger partial charge is 0.410 e. The summed E-state index contributed by atoms with van der Waals surface area (Å²) >= 11 is 0. The van der Waals surface area contributed by atoms with Crippen LogP contribution in [0.25, 0.3) is 0 Å². The van der Waals surface area contributed by atoms with Crippen LogP contribution in [0.5, 0.6) is 0 Å². The van der Waals surface area contributed by atoms with E-state index in [0.717, 1.165) is 6.42 Å². The molecular weight excluding hydrogens is 300 g/mol. The van der Waals surface area contributed by atoms with Crippen molar-refractivity contribution in [2.45, 2.75) is 52.7 Å². The molecule has 1 aliphatic rings. The van der Waals surface area contributed by atoms with Crippen LogP contribution in [0.1, 0.15) is 56.3 Å². The van der Waals surface area contributed by atoms with Crippen LogP contribution in [0.2, 0.25) is 0 Å². The number of likely N-dealkylation sites (tertiary alicyclic amines) is 1. The molecule has 1 aliphatic heterocycles. The molecule has 2 rings (SSSR count). The van der Waals surface area contributed by atoms with E-state index < -0.39 is 11.6 Å². The second-order valence-electron chi connectivity index (χ2n) is 6.56. The van der Waals surface area contributed by atoms with Gasteiger partial charge in [0.1, 0.15) is 5.60 Å². The maximum atomic E-state index is 12.1. The van der Waals surface area contributed by atoms with E-state index >= 15 is 0 Å². The fourth-order valence-electron chi connectivity index (χ4n) is 2.51. The van der Waals surface area contributed by atoms with Crippen LogP contribution in [0.4, 0.5) is 4.79 Å². The number of ether oxygens (including phenoxy) is 2. The van der Waals surface area contributed by atoms with E-state index in [1.165, 1.54) is 0 Å². The minimum absolute atomic E-state index is 0.0156. The zero-order valence-corrected chi connectivity index (χ0v) is 14.3. The van der Waals surface area contributed by atoms with E-state index in [0.29, 0.717) is 25.4 Å². The molecule has 0 spiro atoms. The number of carbonyl (C=O) groups is 2. The first-order valence-electron chi connectivity index (χ1n) is 7.79. The third-order valence-electron chi connectivity index (χ3n) is 3.56. The number of amides is 1. The summed E-state index contributed by atoms with van der Waals surface area (Å²) in [7, 11) is 0. The van der Waals surface area contributed by atoms with E-state index in [1.54, 1.807) is 23.4 Å². The number of esters is 1. The molecule has 0 aromatic carbocycles. The molecule has 1 fully saturated rings. The quantitative estimate of drug-likeness (QED) is 0.790. The molecule has 0 radical (unpaired) electrons. The maximum absolute atomic E-state index is 12.1. The lowest BCUT2D eigenvalue weighted by molar-refractivity contribution is 0.0287. The lowest BCUT2D eigenvalue weighted by Crippen LogP contribution is -2.35. The molecule has 0 bridgehead atoms.